The van der Waals surface area contributed by atoms with Gasteiger partial charge in [-0.2, -0.15) is 0 Å². The van der Waals surface area contributed by atoms with Crippen molar-refractivity contribution in [2.75, 3.05) is 0 Å². The quantitative estimate of drug-likeness (QED) is 0.859. The summed E-state index contributed by atoms with van der Waals surface area (Å²) in [6, 6.07) is 5.84. The van der Waals surface area contributed by atoms with E-state index in [1.807, 2.05) is 17.9 Å². The molecule has 0 aliphatic carbocycles. The van der Waals surface area contributed by atoms with E-state index < -0.39 is 0 Å². The number of carbonyl (C=O) groups is 1. The summed E-state index contributed by atoms with van der Waals surface area (Å²) in [5.41, 5.74) is 1.63. The molecule has 3 nitrogen and oxygen atoms in total. The van der Waals surface area contributed by atoms with E-state index in [9.17, 15) is 9.90 Å². The largest absolute Gasteiger partial charge is 0.393 e. The molecule has 1 N–H and O–H groups in total. The zero-order valence-electron chi connectivity index (χ0n) is 11.0. The lowest BCUT2D eigenvalue weighted by molar-refractivity contribution is 0.0287. The molecule has 2 bridgehead atoms. The molecular weight excluding hydrogens is 262 g/mol. The molecule has 2 aliphatic heterocycles. The lowest BCUT2D eigenvalue weighted by Gasteiger charge is -2.37. The van der Waals surface area contributed by atoms with E-state index in [4.69, 9.17) is 11.6 Å². The fraction of sp³-hybridized carbons (Fsp3) is 0.533. The number of halogens is 1. The summed E-state index contributed by atoms with van der Waals surface area (Å²) in [5, 5.41) is 10.5. The van der Waals surface area contributed by atoms with Gasteiger partial charge < -0.3 is 10.0 Å². The number of benzene rings is 1. The highest BCUT2D eigenvalue weighted by Gasteiger charge is 2.42. The van der Waals surface area contributed by atoms with E-state index in [1.54, 1.807) is 12.1 Å². The van der Waals surface area contributed by atoms with Gasteiger partial charge in [0.25, 0.3) is 5.91 Å². The number of amides is 1. The van der Waals surface area contributed by atoms with Gasteiger partial charge in [0.1, 0.15) is 0 Å². The zero-order chi connectivity index (χ0) is 13.6. The molecule has 2 heterocycles. The van der Waals surface area contributed by atoms with Gasteiger partial charge in [-0.05, 0) is 56.4 Å². The Kier molecular flexibility index (Phi) is 3.27. The molecule has 2 unspecified atom stereocenters. The van der Waals surface area contributed by atoms with E-state index in [-0.39, 0.29) is 24.1 Å². The van der Waals surface area contributed by atoms with Gasteiger partial charge in [-0.3, -0.25) is 4.79 Å². The van der Waals surface area contributed by atoms with Gasteiger partial charge in [0, 0.05) is 22.7 Å². The van der Waals surface area contributed by atoms with E-state index in [1.165, 1.54) is 0 Å². The van der Waals surface area contributed by atoms with Crippen LogP contribution in [-0.4, -0.2) is 34.1 Å². The number of hydrogen-bond donors (Lipinski definition) is 1. The van der Waals surface area contributed by atoms with Crippen LogP contribution in [0.2, 0.25) is 5.02 Å². The highest BCUT2D eigenvalue weighted by atomic mass is 35.5. The summed E-state index contributed by atoms with van der Waals surface area (Å²) < 4.78 is 0. The smallest absolute Gasteiger partial charge is 0.254 e. The van der Waals surface area contributed by atoms with Crippen molar-refractivity contribution in [3.05, 3.63) is 34.3 Å². The molecule has 2 fully saturated rings. The number of rotatable bonds is 1. The van der Waals surface area contributed by atoms with Crippen LogP contribution in [0.3, 0.4) is 0 Å². The normalized spacial score (nSPS) is 29.6. The van der Waals surface area contributed by atoms with Crippen molar-refractivity contribution >= 4 is 17.5 Å². The molecule has 0 radical (unpaired) electrons. The SMILES string of the molecule is Cc1cc(C(=O)N2C3CCC2CC(O)C3)ccc1Cl. The minimum Gasteiger partial charge on any atom is -0.393 e. The predicted octanol–water partition coefficient (Wildman–Crippen LogP) is 2.78. The lowest BCUT2D eigenvalue weighted by atomic mass is 9.98. The number of carbonyl (C=O) groups excluding carboxylic acids is 1. The van der Waals surface area contributed by atoms with Crippen LogP contribution in [0.15, 0.2) is 18.2 Å². The summed E-state index contributed by atoms with van der Waals surface area (Å²) in [7, 11) is 0. The third kappa shape index (κ3) is 2.26. The van der Waals surface area contributed by atoms with Crippen LogP contribution in [0.4, 0.5) is 0 Å². The van der Waals surface area contributed by atoms with Crippen molar-refractivity contribution in [3.63, 3.8) is 0 Å². The zero-order valence-corrected chi connectivity index (χ0v) is 11.7. The average Bonchev–Trinajstić information content (AvgIpc) is 2.64. The third-order valence-corrected chi connectivity index (χ3v) is 4.77. The fourth-order valence-electron chi connectivity index (χ4n) is 3.41. The van der Waals surface area contributed by atoms with Gasteiger partial charge in [-0.15, -0.1) is 0 Å². The van der Waals surface area contributed by atoms with E-state index in [2.05, 4.69) is 0 Å². The molecule has 102 valence electrons. The summed E-state index contributed by atoms with van der Waals surface area (Å²) >= 11 is 6.00. The van der Waals surface area contributed by atoms with Gasteiger partial charge in [-0.25, -0.2) is 0 Å². The Morgan fingerprint density at radius 3 is 2.53 bits per heavy atom. The molecule has 1 aromatic carbocycles. The monoisotopic (exact) mass is 279 g/mol. The molecule has 2 atom stereocenters. The minimum absolute atomic E-state index is 0.0826. The highest BCUT2D eigenvalue weighted by molar-refractivity contribution is 6.31. The lowest BCUT2D eigenvalue weighted by Crippen LogP contribution is -2.48. The first kappa shape index (κ1) is 12.9. The molecule has 4 heteroatoms. The van der Waals surface area contributed by atoms with Crippen LogP contribution >= 0.6 is 11.6 Å². The average molecular weight is 280 g/mol. The molecule has 19 heavy (non-hydrogen) atoms. The first-order chi connectivity index (χ1) is 9.06. The van der Waals surface area contributed by atoms with Crippen LogP contribution in [0.5, 0.6) is 0 Å². The van der Waals surface area contributed by atoms with Crippen molar-refractivity contribution in [1.82, 2.24) is 4.90 Å². The second kappa shape index (κ2) is 4.80. The van der Waals surface area contributed by atoms with E-state index in [0.717, 1.165) is 31.2 Å². The Morgan fingerprint density at radius 1 is 1.32 bits per heavy atom. The number of hydrogen-bond acceptors (Lipinski definition) is 2. The summed E-state index contributed by atoms with van der Waals surface area (Å²) in [6.45, 7) is 1.91. The Hall–Kier alpha value is -1.06. The summed E-state index contributed by atoms with van der Waals surface area (Å²) in [4.78, 5) is 14.6. The molecule has 0 aromatic heterocycles. The van der Waals surface area contributed by atoms with Gasteiger partial charge >= 0.3 is 0 Å². The van der Waals surface area contributed by atoms with Gasteiger partial charge in [-0.1, -0.05) is 11.6 Å². The third-order valence-electron chi connectivity index (χ3n) is 4.35. The van der Waals surface area contributed by atoms with Crippen LogP contribution in [-0.2, 0) is 0 Å². The Morgan fingerprint density at radius 2 is 1.95 bits per heavy atom. The van der Waals surface area contributed by atoms with Crippen LogP contribution in [0.1, 0.15) is 41.6 Å². The van der Waals surface area contributed by atoms with Gasteiger partial charge in [0.2, 0.25) is 0 Å². The number of fused-ring (bicyclic) bond motifs is 2. The summed E-state index contributed by atoms with van der Waals surface area (Å²) in [6.07, 6.45) is 3.22. The Labute approximate surface area is 118 Å². The highest BCUT2D eigenvalue weighted by Crippen LogP contribution is 2.36. The molecule has 1 aromatic rings. The molecule has 3 rings (SSSR count). The Bertz CT molecular complexity index is 503. The summed E-state index contributed by atoms with van der Waals surface area (Å²) in [5.74, 6) is 0.0826. The second-order valence-electron chi connectivity index (χ2n) is 5.69. The van der Waals surface area contributed by atoms with Crippen LogP contribution < -0.4 is 0 Å². The first-order valence-electron chi connectivity index (χ1n) is 6.83. The van der Waals surface area contributed by atoms with Crippen molar-refractivity contribution in [3.8, 4) is 0 Å². The van der Waals surface area contributed by atoms with Gasteiger partial charge in [0.15, 0.2) is 0 Å². The topological polar surface area (TPSA) is 40.5 Å². The van der Waals surface area contributed by atoms with Crippen LogP contribution in [0, 0.1) is 6.92 Å². The standard InChI is InChI=1S/C15H18ClNO2/c1-9-6-10(2-5-14(9)16)15(19)17-11-3-4-12(17)8-13(18)7-11/h2,5-6,11-13,18H,3-4,7-8H2,1H3. The molecular formula is C15H18ClNO2. The molecule has 0 spiro atoms. The van der Waals surface area contributed by atoms with Crippen molar-refractivity contribution < 1.29 is 9.90 Å². The Balaban J connectivity index is 1.86. The van der Waals surface area contributed by atoms with Crippen molar-refractivity contribution in [2.24, 2.45) is 0 Å². The number of piperidine rings is 1. The van der Waals surface area contributed by atoms with Crippen molar-refractivity contribution in [1.29, 1.82) is 0 Å². The van der Waals surface area contributed by atoms with Crippen molar-refractivity contribution in [2.45, 2.75) is 50.8 Å². The van der Waals surface area contributed by atoms with E-state index in [0.29, 0.717) is 10.6 Å². The van der Waals surface area contributed by atoms with Gasteiger partial charge in [0.05, 0.1) is 6.10 Å². The molecule has 2 saturated heterocycles. The van der Waals surface area contributed by atoms with E-state index >= 15 is 0 Å². The maximum Gasteiger partial charge on any atom is 0.254 e. The number of aryl methyl sites for hydroxylation is 1. The number of nitrogens with zero attached hydrogens (tertiary/aromatic N) is 1. The predicted molar refractivity (Wildman–Crippen MR) is 74.4 cm³/mol. The van der Waals surface area contributed by atoms with Crippen LogP contribution in [0.25, 0.3) is 0 Å². The maximum absolute atomic E-state index is 12.6. The fourth-order valence-corrected chi connectivity index (χ4v) is 3.52. The number of aliphatic hydroxyl groups is 1. The first-order valence-corrected chi connectivity index (χ1v) is 7.21. The molecule has 1 amide bonds. The molecule has 0 saturated carbocycles. The maximum atomic E-state index is 12.6. The molecule has 2 aliphatic rings. The second-order valence-corrected chi connectivity index (χ2v) is 6.09. The minimum atomic E-state index is -0.242. The number of aliphatic hydroxyl groups excluding tert-OH is 1.